The highest BCUT2D eigenvalue weighted by molar-refractivity contribution is 6.31. The fourth-order valence-corrected chi connectivity index (χ4v) is 3.13. The summed E-state index contributed by atoms with van der Waals surface area (Å²) >= 11 is 6.07. The van der Waals surface area contributed by atoms with Crippen LogP contribution in [0.5, 0.6) is 0 Å². The van der Waals surface area contributed by atoms with Crippen LogP contribution in [-0.4, -0.2) is 22.6 Å². The van der Waals surface area contributed by atoms with Crippen LogP contribution in [-0.2, 0) is 11.3 Å². The molecule has 0 saturated carbocycles. The highest BCUT2D eigenvalue weighted by Gasteiger charge is 2.31. The van der Waals surface area contributed by atoms with Gasteiger partial charge < -0.3 is 9.30 Å². The molecule has 0 radical (unpaired) electrons. The maximum Gasteiger partial charge on any atom is 0.152 e. The van der Waals surface area contributed by atoms with Crippen LogP contribution in [0.1, 0.15) is 37.0 Å². The molecule has 1 fully saturated rings. The number of benzene rings is 1. The Labute approximate surface area is 123 Å². The summed E-state index contributed by atoms with van der Waals surface area (Å²) in [6.07, 6.45) is 5.09. The third-order valence-corrected chi connectivity index (χ3v) is 4.19. The van der Waals surface area contributed by atoms with Crippen LogP contribution in [0.15, 0.2) is 24.4 Å². The van der Waals surface area contributed by atoms with Crippen LogP contribution >= 0.6 is 11.6 Å². The van der Waals surface area contributed by atoms with Gasteiger partial charge in [0.1, 0.15) is 0 Å². The second-order valence-corrected chi connectivity index (χ2v) is 6.49. The lowest BCUT2D eigenvalue weighted by Crippen LogP contribution is -2.22. The molecule has 0 spiro atoms. The highest BCUT2D eigenvalue weighted by atomic mass is 35.5. The van der Waals surface area contributed by atoms with Crippen LogP contribution in [0.25, 0.3) is 10.9 Å². The van der Waals surface area contributed by atoms with Gasteiger partial charge in [0.2, 0.25) is 0 Å². The largest absolute Gasteiger partial charge is 0.370 e. The monoisotopic (exact) mass is 291 g/mol. The predicted molar refractivity (Wildman–Crippen MR) is 80.5 cm³/mol. The van der Waals surface area contributed by atoms with Crippen molar-refractivity contribution in [2.24, 2.45) is 0 Å². The number of rotatable bonds is 3. The molecule has 1 unspecified atom stereocenters. The van der Waals surface area contributed by atoms with Gasteiger partial charge in [0.25, 0.3) is 0 Å². The summed E-state index contributed by atoms with van der Waals surface area (Å²) in [5, 5.41) is 1.63. The van der Waals surface area contributed by atoms with E-state index >= 15 is 0 Å². The van der Waals surface area contributed by atoms with Gasteiger partial charge in [-0.3, -0.25) is 4.79 Å². The Bertz CT molecular complexity index is 660. The smallest absolute Gasteiger partial charge is 0.152 e. The zero-order valence-corrected chi connectivity index (χ0v) is 12.5. The molecule has 0 aliphatic carbocycles. The number of nitrogens with zero attached hydrogens (tertiary/aromatic N) is 1. The van der Waals surface area contributed by atoms with E-state index in [-0.39, 0.29) is 11.7 Å². The molecule has 20 heavy (non-hydrogen) atoms. The Balaban J connectivity index is 1.95. The molecule has 0 bridgehead atoms. The van der Waals surface area contributed by atoms with Gasteiger partial charge in [0.05, 0.1) is 17.2 Å². The third-order valence-electron chi connectivity index (χ3n) is 3.96. The van der Waals surface area contributed by atoms with E-state index in [4.69, 9.17) is 16.3 Å². The van der Waals surface area contributed by atoms with E-state index in [1.165, 1.54) is 0 Å². The van der Waals surface area contributed by atoms with Gasteiger partial charge in [-0.25, -0.2) is 0 Å². The molecule has 0 N–H and O–H groups in total. The molecule has 1 aromatic heterocycles. The minimum absolute atomic E-state index is 0.0429. The van der Waals surface area contributed by atoms with E-state index in [9.17, 15) is 4.79 Å². The molecule has 3 rings (SSSR count). The topological polar surface area (TPSA) is 31.2 Å². The van der Waals surface area contributed by atoms with Gasteiger partial charge in [-0.05, 0) is 38.8 Å². The first-order valence-electron chi connectivity index (χ1n) is 6.90. The molecule has 1 atom stereocenters. The Morgan fingerprint density at radius 1 is 1.50 bits per heavy atom. The zero-order chi connectivity index (χ0) is 14.3. The number of carbonyl (C=O) groups excluding carboxylic acids is 1. The fraction of sp³-hybridized carbons (Fsp3) is 0.438. The summed E-state index contributed by atoms with van der Waals surface area (Å²) in [6, 6.07) is 5.62. The summed E-state index contributed by atoms with van der Waals surface area (Å²) < 4.78 is 8.11. The normalized spacial score (nSPS) is 21.4. The molecule has 0 amide bonds. The molecule has 3 nitrogen and oxygen atoms in total. The average Bonchev–Trinajstić information content (AvgIpc) is 2.90. The molecular formula is C16H18ClNO2. The lowest BCUT2D eigenvalue weighted by Gasteiger charge is -2.19. The van der Waals surface area contributed by atoms with E-state index in [1.807, 2.05) is 24.4 Å². The first kappa shape index (κ1) is 13.7. The fourth-order valence-electron chi connectivity index (χ4n) is 2.96. The molecule has 2 aromatic rings. The summed E-state index contributed by atoms with van der Waals surface area (Å²) in [5.74, 6) is 0. The van der Waals surface area contributed by atoms with Gasteiger partial charge in [0, 0.05) is 28.7 Å². The van der Waals surface area contributed by atoms with Gasteiger partial charge in [0.15, 0.2) is 6.29 Å². The van der Waals surface area contributed by atoms with Crippen molar-refractivity contribution in [3.63, 3.8) is 0 Å². The molecular weight excluding hydrogens is 274 g/mol. The lowest BCUT2D eigenvalue weighted by molar-refractivity contribution is -0.0212. The molecule has 106 valence electrons. The number of hydrogen-bond donors (Lipinski definition) is 0. The second kappa shape index (κ2) is 4.90. The number of fused-ring (bicyclic) bond motifs is 1. The SMILES string of the molecule is CC1(C)CCC(Cn2cc(C=O)c3ccc(Cl)cc32)O1. The minimum Gasteiger partial charge on any atom is -0.370 e. The van der Waals surface area contributed by atoms with Gasteiger partial charge in [-0.15, -0.1) is 0 Å². The van der Waals surface area contributed by atoms with Crippen molar-refractivity contribution >= 4 is 28.8 Å². The van der Waals surface area contributed by atoms with Crippen molar-refractivity contribution in [1.29, 1.82) is 0 Å². The van der Waals surface area contributed by atoms with Gasteiger partial charge in [-0.1, -0.05) is 17.7 Å². The number of ether oxygens (including phenoxy) is 1. The molecule has 4 heteroatoms. The van der Waals surface area contributed by atoms with Crippen molar-refractivity contribution in [2.75, 3.05) is 0 Å². The van der Waals surface area contributed by atoms with E-state index in [0.29, 0.717) is 10.6 Å². The van der Waals surface area contributed by atoms with E-state index in [1.54, 1.807) is 0 Å². The summed E-state index contributed by atoms with van der Waals surface area (Å²) in [7, 11) is 0. The van der Waals surface area contributed by atoms with Gasteiger partial charge >= 0.3 is 0 Å². The number of halogens is 1. The lowest BCUT2D eigenvalue weighted by atomic mass is 10.1. The van der Waals surface area contributed by atoms with Gasteiger partial charge in [-0.2, -0.15) is 0 Å². The summed E-state index contributed by atoms with van der Waals surface area (Å²) in [6.45, 7) is 5.00. The molecule has 1 aliphatic rings. The van der Waals surface area contributed by atoms with Crippen molar-refractivity contribution in [2.45, 2.75) is 44.9 Å². The Morgan fingerprint density at radius 2 is 2.30 bits per heavy atom. The van der Waals surface area contributed by atoms with Crippen LogP contribution in [0.2, 0.25) is 5.02 Å². The Hall–Kier alpha value is -1.32. The second-order valence-electron chi connectivity index (χ2n) is 6.05. The number of hydrogen-bond acceptors (Lipinski definition) is 2. The van der Waals surface area contributed by atoms with Crippen molar-refractivity contribution in [3.05, 3.63) is 35.0 Å². The van der Waals surface area contributed by atoms with E-state index < -0.39 is 0 Å². The number of aromatic nitrogens is 1. The van der Waals surface area contributed by atoms with Crippen LogP contribution in [0.3, 0.4) is 0 Å². The van der Waals surface area contributed by atoms with Crippen molar-refractivity contribution in [1.82, 2.24) is 4.57 Å². The average molecular weight is 292 g/mol. The first-order valence-corrected chi connectivity index (χ1v) is 7.28. The Morgan fingerprint density at radius 3 is 2.95 bits per heavy atom. The summed E-state index contributed by atoms with van der Waals surface area (Å²) in [5.41, 5.74) is 1.65. The predicted octanol–water partition coefficient (Wildman–Crippen LogP) is 4.06. The molecule has 2 heterocycles. The van der Waals surface area contributed by atoms with E-state index in [0.717, 1.165) is 36.6 Å². The zero-order valence-electron chi connectivity index (χ0n) is 11.7. The molecule has 1 aliphatic heterocycles. The molecule has 1 saturated heterocycles. The quantitative estimate of drug-likeness (QED) is 0.798. The maximum absolute atomic E-state index is 11.2. The third kappa shape index (κ3) is 2.48. The highest BCUT2D eigenvalue weighted by Crippen LogP contribution is 2.31. The standard InChI is InChI=1S/C16H18ClNO2/c1-16(2)6-5-13(20-16)9-18-8-11(10-19)14-4-3-12(17)7-15(14)18/h3-4,7-8,10,13H,5-6,9H2,1-2H3. The maximum atomic E-state index is 11.2. The number of aldehydes is 1. The first-order chi connectivity index (χ1) is 9.48. The van der Waals surface area contributed by atoms with Crippen LogP contribution in [0, 0.1) is 0 Å². The summed E-state index contributed by atoms with van der Waals surface area (Å²) in [4.78, 5) is 11.2. The van der Waals surface area contributed by atoms with Crippen LogP contribution in [0.4, 0.5) is 0 Å². The Kier molecular flexibility index (Phi) is 3.35. The van der Waals surface area contributed by atoms with E-state index in [2.05, 4.69) is 18.4 Å². The van der Waals surface area contributed by atoms with Crippen molar-refractivity contribution in [3.8, 4) is 0 Å². The van der Waals surface area contributed by atoms with Crippen molar-refractivity contribution < 1.29 is 9.53 Å². The molecule has 1 aromatic carbocycles. The van der Waals surface area contributed by atoms with Crippen LogP contribution < -0.4 is 0 Å². The number of carbonyl (C=O) groups is 1. The minimum atomic E-state index is -0.0429.